The molecule has 1 N–H and O–H groups in total. The van der Waals surface area contributed by atoms with Gasteiger partial charge in [0, 0.05) is 5.41 Å². The lowest BCUT2D eigenvalue weighted by Crippen LogP contribution is -2.36. The molecule has 1 heteroatoms. The van der Waals surface area contributed by atoms with Gasteiger partial charge in [0.1, 0.15) is 0 Å². The molecular weight excluding hydrogens is 196 g/mol. The van der Waals surface area contributed by atoms with E-state index in [2.05, 4.69) is 32.0 Å². The molecule has 1 aromatic carbocycles. The van der Waals surface area contributed by atoms with E-state index < -0.39 is 0 Å². The fraction of sp³-hybridized carbons (Fsp3) is 0.600. The Morgan fingerprint density at radius 3 is 2.62 bits per heavy atom. The minimum Gasteiger partial charge on any atom is -0.388 e. The maximum Gasteiger partial charge on any atom is 0.0846 e. The van der Waals surface area contributed by atoms with Crippen molar-refractivity contribution in [3.8, 4) is 0 Å². The normalized spacial score (nSPS) is 20.2. The first-order chi connectivity index (χ1) is 7.68. The van der Waals surface area contributed by atoms with Crippen LogP contribution in [0.5, 0.6) is 0 Å². The third kappa shape index (κ3) is 2.01. The van der Waals surface area contributed by atoms with E-state index in [0.717, 1.165) is 12.0 Å². The average molecular weight is 218 g/mol. The summed E-state index contributed by atoms with van der Waals surface area (Å²) in [6.45, 7) is 4.30. The molecule has 0 radical (unpaired) electrons. The molecule has 1 aliphatic carbocycles. The molecule has 0 aromatic heterocycles. The highest BCUT2D eigenvalue weighted by molar-refractivity contribution is 5.26. The number of benzene rings is 1. The Balaban J connectivity index is 2.20. The number of aliphatic hydroxyl groups is 1. The molecule has 16 heavy (non-hydrogen) atoms. The van der Waals surface area contributed by atoms with Gasteiger partial charge >= 0.3 is 0 Å². The third-order valence-electron chi connectivity index (χ3n) is 4.04. The predicted molar refractivity (Wildman–Crippen MR) is 67.3 cm³/mol. The summed E-state index contributed by atoms with van der Waals surface area (Å²) in [6, 6.07) is 8.32. The molecule has 0 heterocycles. The van der Waals surface area contributed by atoms with Crippen molar-refractivity contribution < 1.29 is 5.11 Å². The van der Waals surface area contributed by atoms with Crippen molar-refractivity contribution in [3.63, 3.8) is 0 Å². The lowest BCUT2D eigenvalue weighted by atomic mass is 9.61. The Hall–Kier alpha value is -0.820. The molecule has 0 aliphatic heterocycles. The van der Waals surface area contributed by atoms with E-state index in [1.807, 2.05) is 6.07 Å². The van der Waals surface area contributed by atoms with Crippen LogP contribution in [-0.2, 0) is 0 Å². The van der Waals surface area contributed by atoms with Crippen LogP contribution in [0, 0.1) is 12.3 Å². The summed E-state index contributed by atoms with van der Waals surface area (Å²) in [6.07, 6.45) is 5.72. The Morgan fingerprint density at radius 2 is 2.12 bits per heavy atom. The lowest BCUT2D eigenvalue weighted by Gasteiger charge is -2.46. The largest absolute Gasteiger partial charge is 0.388 e. The number of aryl methyl sites for hydroxylation is 1. The van der Waals surface area contributed by atoms with Crippen LogP contribution < -0.4 is 0 Å². The summed E-state index contributed by atoms with van der Waals surface area (Å²) in [5.41, 5.74) is 2.53. The quantitative estimate of drug-likeness (QED) is 0.810. The fourth-order valence-electron chi connectivity index (χ4n) is 2.98. The van der Waals surface area contributed by atoms with Crippen LogP contribution in [0.2, 0.25) is 0 Å². The molecule has 1 fully saturated rings. The summed E-state index contributed by atoms with van der Waals surface area (Å²) >= 11 is 0. The van der Waals surface area contributed by atoms with Gasteiger partial charge in [-0.1, -0.05) is 49.6 Å². The minimum absolute atomic E-state index is 0.183. The van der Waals surface area contributed by atoms with Crippen molar-refractivity contribution >= 4 is 0 Å². The molecule has 0 spiro atoms. The molecule has 1 nitrogen and oxygen atoms in total. The number of hydrogen-bond acceptors (Lipinski definition) is 1. The standard InChI is InChI=1S/C15H22O/c1-3-8-15(9-5-10-15)14(16)13-7-4-6-12(2)11-13/h4,6-7,11,14,16H,3,5,8-10H2,1-2H3. The molecule has 1 unspecified atom stereocenters. The highest BCUT2D eigenvalue weighted by Crippen LogP contribution is 2.53. The van der Waals surface area contributed by atoms with Gasteiger partial charge in [0.25, 0.3) is 0 Å². The zero-order valence-corrected chi connectivity index (χ0v) is 10.4. The second-order valence-electron chi connectivity index (χ2n) is 5.28. The van der Waals surface area contributed by atoms with Gasteiger partial charge < -0.3 is 5.11 Å². The average Bonchev–Trinajstić information content (AvgIpc) is 2.22. The van der Waals surface area contributed by atoms with Crippen molar-refractivity contribution in [3.05, 3.63) is 35.4 Å². The molecule has 88 valence electrons. The van der Waals surface area contributed by atoms with Crippen LogP contribution in [0.1, 0.15) is 56.3 Å². The Kier molecular flexibility index (Phi) is 3.34. The smallest absolute Gasteiger partial charge is 0.0846 e. The SMILES string of the molecule is CCCC1(C(O)c2cccc(C)c2)CCC1. The summed E-state index contributed by atoms with van der Waals surface area (Å²) in [7, 11) is 0. The fourth-order valence-corrected chi connectivity index (χ4v) is 2.98. The van der Waals surface area contributed by atoms with E-state index in [1.165, 1.54) is 31.2 Å². The summed E-state index contributed by atoms with van der Waals surface area (Å²) in [5, 5.41) is 10.5. The predicted octanol–water partition coefficient (Wildman–Crippen LogP) is 4.00. The monoisotopic (exact) mass is 218 g/mol. The summed E-state index contributed by atoms with van der Waals surface area (Å²) in [5.74, 6) is 0. The number of rotatable bonds is 4. The summed E-state index contributed by atoms with van der Waals surface area (Å²) in [4.78, 5) is 0. The molecular formula is C15H22O. The van der Waals surface area contributed by atoms with Crippen LogP contribution in [-0.4, -0.2) is 5.11 Å². The van der Waals surface area contributed by atoms with Crippen molar-refractivity contribution in [1.29, 1.82) is 0 Å². The molecule has 1 aromatic rings. The first-order valence-electron chi connectivity index (χ1n) is 6.42. The maximum atomic E-state index is 10.5. The van der Waals surface area contributed by atoms with Crippen molar-refractivity contribution in [2.24, 2.45) is 5.41 Å². The van der Waals surface area contributed by atoms with Crippen molar-refractivity contribution in [1.82, 2.24) is 0 Å². The second-order valence-corrected chi connectivity index (χ2v) is 5.28. The van der Waals surface area contributed by atoms with Gasteiger partial charge in [0.2, 0.25) is 0 Å². The van der Waals surface area contributed by atoms with E-state index >= 15 is 0 Å². The van der Waals surface area contributed by atoms with Crippen LogP contribution in [0.3, 0.4) is 0 Å². The molecule has 1 aliphatic rings. The van der Waals surface area contributed by atoms with Gasteiger partial charge in [0.05, 0.1) is 6.10 Å². The van der Waals surface area contributed by atoms with Crippen LogP contribution in [0.25, 0.3) is 0 Å². The van der Waals surface area contributed by atoms with Gasteiger partial charge in [0.15, 0.2) is 0 Å². The minimum atomic E-state index is -0.263. The highest BCUT2D eigenvalue weighted by atomic mass is 16.3. The molecule has 0 amide bonds. The lowest BCUT2D eigenvalue weighted by molar-refractivity contribution is -0.0440. The van der Waals surface area contributed by atoms with E-state index in [-0.39, 0.29) is 11.5 Å². The van der Waals surface area contributed by atoms with Gasteiger partial charge in [-0.25, -0.2) is 0 Å². The molecule has 2 rings (SSSR count). The zero-order chi connectivity index (χ0) is 11.6. The van der Waals surface area contributed by atoms with E-state index in [9.17, 15) is 5.11 Å². The van der Waals surface area contributed by atoms with E-state index in [1.54, 1.807) is 0 Å². The maximum absolute atomic E-state index is 10.5. The molecule has 0 saturated heterocycles. The van der Waals surface area contributed by atoms with Crippen LogP contribution in [0.4, 0.5) is 0 Å². The second kappa shape index (κ2) is 4.58. The highest BCUT2D eigenvalue weighted by Gasteiger charge is 2.42. The topological polar surface area (TPSA) is 20.2 Å². The van der Waals surface area contributed by atoms with E-state index in [4.69, 9.17) is 0 Å². The van der Waals surface area contributed by atoms with Gasteiger partial charge in [-0.2, -0.15) is 0 Å². The van der Waals surface area contributed by atoms with Gasteiger partial charge in [-0.3, -0.25) is 0 Å². The third-order valence-corrected chi connectivity index (χ3v) is 4.04. The van der Waals surface area contributed by atoms with Gasteiger partial charge in [-0.05, 0) is 31.7 Å². The van der Waals surface area contributed by atoms with Gasteiger partial charge in [-0.15, -0.1) is 0 Å². The Labute approximate surface area is 98.5 Å². The molecule has 1 saturated carbocycles. The Bertz CT molecular complexity index is 352. The zero-order valence-electron chi connectivity index (χ0n) is 10.4. The first kappa shape index (κ1) is 11.7. The van der Waals surface area contributed by atoms with E-state index in [0.29, 0.717) is 0 Å². The molecule has 0 bridgehead atoms. The number of aliphatic hydroxyl groups excluding tert-OH is 1. The molecule has 1 atom stereocenters. The van der Waals surface area contributed by atoms with Crippen molar-refractivity contribution in [2.45, 2.75) is 52.1 Å². The van der Waals surface area contributed by atoms with Crippen molar-refractivity contribution in [2.75, 3.05) is 0 Å². The Morgan fingerprint density at radius 1 is 1.38 bits per heavy atom. The van der Waals surface area contributed by atoms with Crippen LogP contribution >= 0.6 is 0 Å². The van der Waals surface area contributed by atoms with Crippen LogP contribution in [0.15, 0.2) is 24.3 Å². The summed E-state index contributed by atoms with van der Waals surface area (Å²) < 4.78 is 0. The number of hydrogen-bond donors (Lipinski definition) is 1. The first-order valence-corrected chi connectivity index (χ1v) is 6.42.